The lowest BCUT2D eigenvalue weighted by molar-refractivity contribution is 0.0315. The van der Waals surface area contributed by atoms with Crippen molar-refractivity contribution in [2.45, 2.75) is 38.0 Å². The first-order chi connectivity index (χ1) is 11.3. The summed E-state index contributed by atoms with van der Waals surface area (Å²) in [6.45, 7) is 3.13. The van der Waals surface area contributed by atoms with E-state index in [0.717, 1.165) is 13.0 Å². The molecule has 0 fully saturated rings. The van der Waals surface area contributed by atoms with E-state index in [2.05, 4.69) is 60.4 Å². The molecular formula is C21H25NO. The van der Waals surface area contributed by atoms with Gasteiger partial charge in [0.25, 0.3) is 0 Å². The summed E-state index contributed by atoms with van der Waals surface area (Å²) in [6, 6.07) is 21.3. The zero-order valence-electron chi connectivity index (χ0n) is 13.7. The zero-order chi connectivity index (χ0) is 16.1. The van der Waals surface area contributed by atoms with E-state index in [0.29, 0.717) is 12.5 Å². The van der Waals surface area contributed by atoms with Crippen LogP contribution in [0, 0.1) is 0 Å². The monoisotopic (exact) mass is 307 g/mol. The second kappa shape index (κ2) is 7.58. The molecule has 1 aliphatic rings. The fraction of sp³-hybridized carbons (Fsp3) is 0.333. The number of aliphatic hydroxyl groups is 1. The van der Waals surface area contributed by atoms with Gasteiger partial charge in [0.2, 0.25) is 0 Å². The van der Waals surface area contributed by atoms with E-state index in [1.165, 1.54) is 11.1 Å². The molecule has 120 valence electrons. The first-order valence-electron chi connectivity index (χ1n) is 8.43. The lowest BCUT2D eigenvalue weighted by atomic mass is 9.93. The Morgan fingerprint density at radius 1 is 1.00 bits per heavy atom. The highest BCUT2D eigenvalue weighted by molar-refractivity contribution is 5.20. The van der Waals surface area contributed by atoms with Gasteiger partial charge in [-0.2, -0.15) is 0 Å². The summed E-state index contributed by atoms with van der Waals surface area (Å²) in [4.78, 5) is 2.42. The van der Waals surface area contributed by atoms with Crippen molar-refractivity contribution in [3.63, 3.8) is 0 Å². The van der Waals surface area contributed by atoms with Gasteiger partial charge in [0, 0.05) is 18.6 Å². The summed E-state index contributed by atoms with van der Waals surface area (Å²) in [7, 11) is 0. The van der Waals surface area contributed by atoms with Gasteiger partial charge in [-0.1, -0.05) is 72.8 Å². The fourth-order valence-electron chi connectivity index (χ4n) is 3.44. The second-order valence-electron chi connectivity index (χ2n) is 6.31. The Morgan fingerprint density at radius 3 is 2.35 bits per heavy atom. The Morgan fingerprint density at radius 2 is 1.65 bits per heavy atom. The van der Waals surface area contributed by atoms with Crippen molar-refractivity contribution in [1.29, 1.82) is 0 Å². The summed E-state index contributed by atoms with van der Waals surface area (Å²) in [5, 5.41) is 10.8. The Balaban J connectivity index is 1.75. The third-order valence-electron chi connectivity index (χ3n) is 4.80. The fourth-order valence-corrected chi connectivity index (χ4v) is 3.44. The summed E-state index contributed by atoms with van der Waals surface area (Å²) in [6.07, 6.45) is 5.68. The van der Waals surface area contributed by atoms with E-state index in [4.69, 9.17) is 0 Å². The van der Waals surface area contributed by atoms with Crippen molar-refractivity contribution < 1.29 is 5.11 Å². The smallest absolute Gasteiger partial charge is 0.0739 e. The SMILES string of the molecule is C[C@@H](c1ccccc1)N1CC=CC[C@@H]1[C@H](O)Cc1ccccc1. The molecule has 2 heteroatoms. The zero-order valence-corrected chi connectivity index (χ0v) is 13.7. The molecule has 2 nitrogen and oxygen atoms in total. The molecule has 0 unspecified atom stereocenters. The van der Waals surface area contributed by atoms with Crippen LogP contribution < -0.4 is 0 Å². The highest BCUT2D eigenvalue weighted by Gasteiger charge is 2.30. The van der Waals surface area contributed by atoms with E-state index in [9.17, 15) is 5.11 Å². The normalized spacial score (nSPS) is 21.0. The van der Waals surface area contributed by atoms with Crippen LogP contribution in [0.1, 0.15) is 30.5 Å². The van der Waals surface area contributed by atoms with Gasteiger partial charge in [-0.25, -0.2) is 0 Å². The molecule has 0 saturated carbocycles. The standard InChI is InChI=1S/C21H25NO/c1-17(19-12-6-3-7-13-19)22-15-9-8-14-20(22)21(23)16-18-10-4-2-5-11-18/h2-13,17,20-21,23H,14-16H2,1H3/t17-,20+,21+/m0/s1. The minimum absolute atomic E-state index is 0.162. The molecule has 23 heavy (non-hydrogen) atoms. The van der Waals surface area contributed by atoms with Gasteiger partial charge in [-0.3, -0.25) is 4.90 Å². The van der Waals surface area contributed by atoms with Crippen LogP contribution in [-0.2, 0) is 6.42 Å². The highest BCUT2D eigenvalue weighted by atomic mass is 16.3. The Bertz CT molecular complexity index is 623. The lowest BCUT2D eigenvalue weighted by Gasteiger charge is -2.40. The average molecular weight is 307 g/mol. The van der Waals surface area contributed by atoms with Crippen molar-refractivity contribution in [3.05, 3.63) is 83.9 Å². The molecule has 3 atom stereocenters. The van der Waals surface area contributed by atoms with Crippen LogP contribution in [-0.4, -0.2) is 28.7 Å². The molecule has 2 aromatic rings. The van der Waals surface area contributed by atoms with Gasteiger partial charge in [0.15, 0.2) is 0 Å². The predicted octanol–water partition coefficient (Wildman–Crippen LogP) is 3.98. The Labute approximate surface area is 139 Å². The molecule has 0 aliphatic carbocycles. The van der Waals surface area contributed by atoms with E-state index in [1.807, 2.05) is 24.3 Å². The maximum atomic E-state index is 10.8. The van der Waals surface area contributed by atoms with Crippen molar-refractivity contribution in [3.8, 4) is 0 Å². The number of rotatable bonds is 5. The number of hydrogen-bond donors (Lipinski definition) is 1. The lowest BCUT2D eigenvalue weighted by Crippen LogP contribution is -2.47. The van der Waals surface area contributed by atoms with Gasteiger partial charge in [-0.05, 0) is 30.9 Å². The molecule has 0 aromatic heterocycles. The number of benzene rings is 2. The minimum Gasteiger partial charge on any atom is -0.391 e. The summed E-state index contributed by atoms with van der Waals surface area (Å²) < 4.78 is 0. The third-order valence-corrected chi connectivity index (χ3v) is 4.80. The second-order valence-corrected chi connectivity index (χ2v) is 6.31. The summed E-state index contributed by atoms with van der Waals surface area (Å²) >= 11 is 0. The maximum Gasteiger partial charge on any atom is 0.0739 e. The predicted molar refractivity (Wildman–Crippen MR) is 95.3 cm³/mol. The molecule has 3 rings (SSSR count). The van der Waals surface area contributed by atoms with Gasteiger partial charge in [0.05, 0.1) is 6.10 Å². The summed E-state index contributed by atoms with van der Waals surface area (Å²) in [5.41, 5.74) is 2.50. The Hall–Kier alpha value is -1.90. The van der Waals surface area contributed by atoms with Crippen molar-refractivity contribution in [1.82, 2.24) is 4.90 Å². The van der Waals surface area contributed by atoms with E-state index in [1.54, 1.807) is 0 Å². The molecule has 0 saturated heterocycles. The van der Waals surface area contributed by atoms with Crippen LogP contribution in [0.4, 0.5) is 0 Å². The van der Waals surface area contributed by atoms with Crippen LogP contribution in [0.15, 0.2) is 72.8 Å². The first kappa shape index (κ1) is 16.0. The Kier molecular flexibility index (Phi) is 5.27. The largest absolute Gasteiger partial charge is 0.391 e. The van der Waals surface area contributed by atoms with Crippen LogP contribution in [0.3, 0.4) is 0 Å². The van der Waals surface area contributed by atoms with Crippen LogP contribution in [0.25, 0.3) is 0 Å². The van der Waals surface area contributed by atoms with Crippen LogP contribution in [0.2, 0.25) is 0 Å². The molecule has 1 aliphatic heterocycles. The molecular weight excluding hydrogens is 282 g/mol. The third kappa shape index (κ3) is 3.90. The number of nitrogens with zero attached hydrogens (tertiary/aromatic N) is 1. The molecule has 0 spiro atoms. The molecule has 0 bridgehead atoms. The van der Waals surface area contributed by atoms with Gasteiger partial charge in [0.1, 0.15) is 0 Å². The van der Waals surface area contributed by atoms with Crippen molar-refractivity contribution >= 4 is 0 Å². The quantitative estimate of drug-likeness (QED) is 0.845. The van der Waals surface area contributed by atoms with Crippen molar-refractivity contribution in [2.75, 3.05) is 6.54 Å². The summed E-state index contributed by atoms with van der Waals surface area (Å²) in [5.74, 6) is 0. The van der Waals surface area contributed by atoms with E-state index < -0.39 is 0 Å². The molecule has 0 amide bonds. The first-order valence-corrected chi connectivity index (χ1v) is 8.43. The highest BCUT2D eigenvalue weighted by Crippen LogP contribution is 2.28. The van der Waals surface area contributed by atoms with E-state index >= 15 is 0 Å². The van der Waals surface area contributed by atoms with Gasteiger partial charge >= 0.3 is 0 Å². The number of aliphatic hydroxyl groups excluding tert-OH is 1. The van der Waals surface area contributed by atoms with E-state index in [-0.39, 0.29) is 12.1 Å². The average Bonchev–Trinajstić information content (AvgIpc) is 2.62. The molecule has 0 radical (unpaired) electrons. The minimum atomic E-state index is -0.353. The maximum absolute atomic E-state index is 10.8. The van der Waals surface area contributed by atoms with Crippen LogP contribution >= 0.6 is 0 Å². The topological polar surface area (TPSA) is 23.5 Å². The van der Waals surface area contributed by atoms with Crippen LogP contribution in [0.5, 0.6) is 0 Å². The molecule has 2 aromatic carbocycles. The van der Waals surface area contributed by atoms with Gasteiger partial charge in [-0.15, -0.1) is 0 Å². The number of hydrogen-bond acceptors (Lipinski definition) is 2. The molecule has 1 N–H and O–H groups in total. The molecule has 1 heterocycles. The van der Waals surface area contributed by atoms with Crippen molar-refractivity contribution in [2.24, 2.45) is 0 Å². The van der Waals surface area contributed by atoms with Gasteiger partial charge < -0.3 is 5.11 Å².